The summed E-state index contributed by atoms with van der Waals surface area (Å²) in [4.78, 5) is 39.4. The van der Waals surface area contributed by atoms with E-state index in [1.807, 2.05) is 0 Å². The predicted octanol–water partition coefficient (Wildman–Crippen LogP) is 3.66. The first-order valence-electron chi connectivity index (χ1n) is 8.72. The second-order valence-corrected chi connectivity index (χ2v) is 6.53. The summed E-state index contributed by atoms with van der Waals surface area (Å²) in [5.41, 5.74) is 1.50. The molecule has 2 rings (SSSR count). The Morgan fingerprint density at radius 2 is 1.75 bits per heavy atom. The number of hydrogen-bond acceptors (Lipinski definition) is 6. The average Bonchev–Trinajstić information content (AvgIpc) is 2.95. The van der Waals surface area contributed by atoms with Crippen molar-refractivity contribution in [2.45, 2.75) is 33.8 Å². The molecular formula is C20H22ClNO6. The molecule has 0 fully saturated rings. The number of aryl methyl sites for hydroxylation is 1. The quantitative estimate of drug-likeness (QED) is 0.530. The minimum Gasteiger partial charge on any atom is -0.479 e. The van der Waals surface area contributed by atoms with Crippen molar-refractivity contribution < 1.29 is 28.6 Å². The van der Waals surface area contributed by atoms with E-state index in [9.17, 15) is 14.4 Å². The molecule has 0 aliphatic heterocycles. The van der Waals surface area contributed by atoms with Crippen molar-refractivity contribution in [2.75, 3.05) is 13.2 Å². The Labute approximate surface area is 167 Å². The van der Waals surface area contributed by atoms with Gasteiger partial charge in [-0.15, -0.1) is 0 Å². The first-order chi connectivity index (χ1) is 13.2. The minimum absolute atomic E-state index is 0.208. The van der Waals surface area contributed by atoms with Gasteiger partial charge in [-0.1, -0.05) is 11.6 Å². The van der Waals surface area contributed by atoms with Crippen LogP contribution in [0.2, 0.25) is 5.02 Å². The van der Waals surface area contributed by atoms with Gasteiger partial charge in [0.1, 0.15) is 5.75 Å². The monoisotopic (exact) mass is 407 g/mol. The fourth-order valence-corrected chi connectivity index (χ4v) is 2.76. The van der Waals surface area contributed by atoms with Crippen molar-refractivity contribution in [1.29, 1.82) is 0 Å². The highest BCUT2D eigenvalue weighted by atomic mass is 35.5. The summed E-state index contributed by atoms with van der Waals surface area (Å²) in [6, 6.07) is 6.52. The lowest BCUT2D eigenvalue weighted by Gasteiger charge is -2.13. The molecule has 0 saturated heterocycles. The summed E-state index contributed by atoms with van der Waals surface area (Å²) in [7, 11) is 0. The van der Waals surface area contributed by atoms with Crippen molar-refractivity contribution in [1.82, 2.24) is 4.98 Å². The highest BCUT2D eigenvalue weighted by molar-refractivity contribution is 6.30. The molecule has 0 amide bonds. The number of carbonyl (C=O) groups is 3. The Hall–Kier alpha value is -2.80. The lowest BCUT2D eigenvalue weighted by atomic mass is 10.1. The van der Waals surface area contributed by atoms with Crippen LogP contribution in [0, 0.1) is 13.8 Å². The topological polar surface area (TPSA) is 94.7 Å². The van der Waals surface area contributed by atoms with Crippen LogP contribution in [0.5, 0.6) is 5.75 Å². The van der Waals surface area contributed by atoms with Crippen molar-refractivity contribution in [3.05, 3.63) is 51.8 Å². The smallest absolute Gasteiger partial charge is 0.347 e. The van der Waals surface area contributed by atoms with Gasteiger partial charge in [-0.05, 0) is 57.5 Å². The van der Waals surface area contributed by atoms with Crippen molar-refractivity contribution in [3.8, 4) is 5.75 Å². The fraction of sp³-hybridized carbons (Fsp3) is 0.350. The van der Waals surface area contributed by atoms with Gasteiger partial charge in [0.15, 0.2) is 12.7 Å². The van der Waals surface area contributed by atoms with Crippen LogP contribution in [0.25, 0.3) is 0 Å². The number of esters is 2. The van der Waals surface area contributed by atoms with Crippen LogP contribution in [-0.2, 0) is 14.3 Å². The fourth-order valence-electron chi connectivity index (χ4n) is 2.63. The SMILES string of the molecule is CCOC(=O)c1c(C)[nH]c(C(=O)COC(=O)[C@@H](C)Oc2ccc(Cl)cc2)c1C. The molecule has 1 aromatic heterocycles. The molecule has 0 radical (unpaired) electrons. The van der Waals surface area contributed by atoms with Crippen molar-refractivity contribution in [2.24, 2.45) is 0 Å². The third-order valence-corrected chi connectivity index (χ3v) is 4.25. The highest BCUT2D eigenvalue weighted by Crippen LogP contribution is 2.20. The molecule has 0 saturated carbocycles. The van der Waals surface area contributed by atoms with Crippen LogP contribution < -0.4 is 4.74 Å². The van der Waals surface area contributed by atoms with E-state index in [0.29, 0.717) is 27.6 Å². The molecule has 1 N–H and O–H groups in total. The Kier molecular flexibility index (Phi) is 7.23. The lowest BCUT2D eigenvalue weighted by Crippen LogP contribution is -2.28. The number of H-pyrrole nitrogens is 1. The number of halogens is 1. The number of aromatic amines is 1. The normalized spacial score (nSPS) is 11.6. The Morgan fingerprint density at radius 1 is 1.11 bits per heavy atom. The van der Waals surface area contributed by atoms with Gasteiger partial charge >= 0.3 is 11.9 Å². The number of nitrogens with one attached hydrogen (secondary N) is 1. The maximum absolute atomic E-state index is 12.4. The summed E-state index contributed by atoms with van der Waals surface area (Å²) in [6.07, 6.45) is -0.907. The van der Waals surface area contributed by atoms with Crippen LogP contribution in [-0.4, -0.2) is 42.0 Å². The van der Waals surface area contributed by atoms with Crippen LogP contribution in [0.15, 0.2) is 24.3 Å². The third kappa shape index (κ3) is 5.13. The molecule has 2 aromatic rings. The summed E-state index contributed by atoms with van der Waals surface area (Å²) < 4.78 is 15.5. The van der Waals surface area contributed by atoms with Gasteiger partial charge in [-0.25, -0.2) is 9.59 Å². The summed E-state index contributed by atoms with van der Waals surface area (Å²) in [5.74, 6) is -1.19. The minimum atomic E-state index is -0.907. The molecule has 28 heavy (non-hydrogen) atoms. The van der Waals surface area contributed by atoms with E-state index in [2.05, 4.69) is 4.98 Å². The zero-order valence-corrected chi connectivity index (χ0v) is 16.9. The summed E-state index contributed by atoms with van der Waals surface area (Å²) >= 11 is 5.80. The zero-order valence-electron chi connectivity index (χ0n) is 16.1. The number of benzene rings is 1. The molecule has 0 bridgehead atoms. The first-order valence-corrected chi connectivity index (χ1v) is 9.10. The van der Waals surface area contributed by atoms with E-state index in [-0.39, 0.29) is 12.3 Å². The van der Waals surface area contributed by atoms with E-state index < -0.39 is 30.4 Å². The van der Waals surface area contributed by atoms with Gasteiger partial charge in [0, 0.05) is 10.7 Å². The van der Waals surface area contributed by atoms with Gasteiger partial charge < -0.3 is 19.2 Å². The second kappa shape index (κ2) is 9.41. The molecule has 1 atom stereocenters. The van der Waals surface area contributed by atoms with Crippen molar-refractivity contribution >= 4 is 29.3 Å². The first kappa shape index (κ1) is 21.5. The van der Waals surface area contributed by atoms with E-state index >= 15 is 0 Å². The molecule has 0 unspecified atom stereocenters. The number of carbonyl (C=O) groups excluding carboxylic acids is 3. The van der Waals surface area contributed by atoms with Crippen LogP contribution in [0.1, 0.15) is 46.0 Å². The molecular weight excluding hydrogens is 386 g/mol. The standard InChI is InChI=1S/C20H22ClNO6/c1-5-26-20(25)17-11(2)18(22-12(17)3)16(23)10-27-19(24)13(4)28-15-8-6-14(21)7-9-15/h6-9,13,22H,5,10H2,1-4H3/t13-/m1/s1. The van der Waals surface area contributed by atoms with Crippen LogP contribution in [0.4, 0.5) is 0 Å². The number of ketones is 1. The Balaban J connectivity index is 1.97. The lowest BCUT2D eigenvalue weighted by molar-refractivity contribution is -0.149. The molecule has 0 spiro atoms. The van der Waals surface area contributed by atoms with Gasteiger partial charge in [0.05, 0.1) is 17.9 Å². The molecule has 1 aromatic carbocycles. The van der Waals surface area contributed by atoms with Crippen molar-refractivity contribution in [3.63, 3.8) is 0 Å². The third-order valence-electron chi connectivity index (χ3n) is 4.00. The maximum Gasteiger partial charge on any atom is 0.347 e. The highest BCUT2D eigenvalue weighted by Gasteiger charge is 2.24. The predicted molar refractivity (Wildman–Crippen MR) is 103 cm³/mol. The second-order valence-electron chi connectivity index (χ2n) is 6.09. The number of ether oxygens (including phenoxy) is 3. The van der Waals surface area contributed by atoms with Crippen LogP contribution in [0.3, 0.4) is 0 Å². The molecule has 1 heterocycles. The van der Waals surface area contributed by atoms with E-state index in [1.54, 1.807) is 45.0 Å². The number of aromatic nitrogens is 1. The van der Waals surface area contributed by atoms with Gasteiger partial charge in [-0.3, -0.25) is 4.79 Å². The van der Waals surface area contributed by atoms with Crippen LogP contribution >= 0.6 is 11.6 Å². The summed E-state index contributed by atoms with van der Waals surface area (Å²) in [5, 5.41) is 0.548. The maximum atomic E-state index is 12.4. The molecule has 8 heteroatoms. The molecule has 0 aliphatic carbocycles. The molecule has 7 nitrogen and oxygen atoms in total. The zero-order chi connectivity index (χ0) is 20.8. The van der Waals surface area contributed by atoms with Gasteiger partial charge in [0.2, 0.25) is 5.78 Å². The van der Waals surface area contributed by atoms with Gasteiger partial charge in [-0.2, -0.15) is 0 Å². The van der Waals surface area contributed by atoms with Gasteiger partial charge in [0.25, 0.3) is 0 Å². The van der Waals surface area contributed by atoms with E-state index in [1.165, 1.54) is 6.92 Å². The Bertz CT molecular complexity index is 872. The number of Topliss-reactive ketones (excluding diaryl/α,β-unsaturated/α-hetero) is 1. The molecule has 150 valence electrons. The number of hydrogen-bond donors (Lipinski definition) is 1. The largest absolute Gasteiger partial charge is 0.479 e. The molecule has 0 aliphatic rings. The van der Waals surface area contributed by atoms with E-state index in [0.717, 1.165) is 0 Å². The Morgan fingerprint density at radius 3 is 2.36 bits per heavy atom. The number of rotatable bonds is 8. The van der Waals surface area contributed by atoms with E-state index in [4.69, 9.17) is 25.8 Å². The summed E-state index contributed by atoms with van der Waals surface area (Å²) in [6.45, 7) is 6.28. The average molecular weight is 408 g/mol.